The lowest BCUT2D eigenvalue weighted by molar-refractivity contribution is 0.564. The van der Waals surface area contributed by atoms with Crippen molar-refractivity contribution in [3.05, 3.63) is 42.1 Å². The summed E-state index contributed by atoms with van der Waals surface area (Å²) >= 11 is 0. The van der Waals surface area contributed by atoms with Crippen LogP contribution in [0.4, 0.5) is 0 Å². The van der Waals surface area contributed by atoms with Crippen molar-refractivity contribution in [1.82, 2.24) is 4.90 Å². The Hall–Kier alpha value is -1.64. The highest BCUT2D eigenvalue weighted by Crippen LogP contribution is 2.14. The molecule has 3 heteroatoms. The minimum Gasteiger partial charge on any atom is -0.382 e. The molecule has 0 saturated heterocycles. The molecule has 0 aromatic heterocycles. The Labute approximate surface area is 78.2 Å². The van der Waals surface area contributed by atoms with Crippen LogP contribution in [-0.2, 0) is 0 Å². The van der Waals surface area contributed by atoms with E-state index in [-0.39, 0.29) is 0 Å². The molecular weight excluding hydrogens is 162 g/mol. The lowest BCUT2D eigenvalue weighted by Crippen LogP contribution is -2.01. The monoisotopic (exact) mass is 175 g/mol. The summed E-state index contributed by atoms with van der Waals surface area (Å²) in [6, 6.07) is 9.69. The average Bonchev–Trinajstić information content (AvgIpc) is 2.15. The third-order valence-corrected chi connectivity index (χ3v) is 1.57. The van der Waals surface area contributed by atoms with Gasteiger partial charge in [-0.25, -0.2) is 5.53 Å². The Kier molecular flexibility index (Phi) is 3.20. The van der Waals surface area contributed by atoms with Gasteiger partial charge in [-0.05, 0) is 0 Å². The fourth-order valence-electron chi connectivity index (χ4n) is 1.02. The molecule has 0 atom stereocenters. The van der Waals surface area contributed by atoms with Gasteiger partial charge in [-0.1, -0.05) is 30.3 Å². The maximum Gasteiger partial charge on any atom is 0.108 e. The molecule has 68 valence electrons. The molecule has 3 nitrogen and oxygen atoms in total. The van der Waals surface area contributed by atoms with Gasteiger partial charge >= 0.3 is 0 Å². The van der Waals surface area contributed by atoms with Crippen molar-refractivity contribution in [3.8, 4) is 0 Å². The van der Waals surface area contributed by atoms with E-state index >= 15 is 0 Å². The molecule has 1 rings (SSSR count). The van der Waals surface area contributed by atoms with Gasteiger partial charge in [-0.2, -0.15) is 5.11 Å². The second kappa shape index (κ2) is 4.40. The third-order valence-electron chi connectivity index (χ3n) is 1.57. The summed E-state index contributed by atoms with van der Waals surface area (Å²) in [5.74, 6) is 0. The molecule has 13 heavy (non-hydrogen) atoms. The zero-order valence-corrected chi connectivity index (χ0v) is 7.86. The van der Waals surface area contributed by atoms with Gasteiger partial charge in [-0.3, -0.25) is 0 Å². The van der Waals surface area contributed by atoms with Gasteiger partial charge in [0.05, 0.1) is 0 Å². The first-order valence-corrected chi connectivity index (χ1v) is 4.05. The van der Waals surface area contributed by atoms with Crippen molar-refractivity contribution in [3.63, 3.8) is 0 Å². The summed E-state index contributed by atoms with van der Waals surface area (Å²) in [5.41, 5.74) is 8.66. The summed E-state index contributed by atoms with van der Waals surface area (Å²) in [7, 11) is 3.82. The first-order valence-electron chi connectivity index (χ1n) is 4.05. The molecule has 0 heterocycles. The van der Waals surface area contributed by atoms with Crippen molar-refractivity contribution in [1.29, 1.82) is 5.53 Å². The predicted octanol–water partition coefficient (Wildman–Crippen LogP) is 2.58. The molecule has 0 radical (unpaired) electrons. The summed E-state index contributed by atoms with van der Waals surface area (Å²) in [6.07, 6.45) is 1.82. The van der Waals surface area contributed by atoms with E-state index in [9.17, 15) is 0 Å². The molecule has 1 N–H and O–H groups in total. The Bertz CT molecular complexity index is 301. The van der Waals surface area contributed by atoms with E-state index in [2.05, 4.69) is 5.11 Å². The van der Waals surface area contributed by atoms with Crippen LogP contribution in [0.15, 0.2) is 41.6 Å². The van der Waals surface area contributed by atoms with E-state index in [1.54, 1.807) is 0 Å². The number of nitrogens with one attached hydrogen (secondary N) is 1. The van der Waals surface area contributed by atoms with Gasteiger partial charge in [0.15, 0.2) is 0 Å². The topological polar surface area (TPSA) is 39.5 Å². The standard InChI is InChI=1S/C10H13N3/c1-13(2)8-10(12-11)9-6-4-3-5-7-9/h3-8,11H,1-2H3/b10-8-,12-11?. The molecule has 0 bridgehead atoms. The molecule has 0 aliphatic carbocycles. The summed E-state index contributed by atoms with van der Waals surface area (Å²) in [6.45, 7) is 0. The smallest absolute Gasteiger partial charge is 0.108 e. The van der Waals surface area contributed by atoms with Crippen LogP contribution in [0.25, 0.3) is 5.70 Å². The maximum atomic E-state index is 7.02. The highest BCUT2D eigenvalue weighted by molar-refractivity contribution is 5.63. The second-order valence-corrected chi connectivity index (χ2v) is 2.96. The van der Waals surface area contributed by atoms with Gasteiger partial charge in [-0.15, -0.1) is 0 Å². The van der Waals surface area contributed by atoms with Crippen LogP contribution in [0.1, 0.15) is 5.56 Å². The van der Waals surface area contributed by atoms with Crippen molar-refractivity contribution in [2.24, 2.45) is 5.11 Å². The van der Waals surface area contributed by atoms with Crippen LogP contribution >= 0.6 is 0 Å². The van der Waals surface area contributed by atoms with Crippen molar-refractivity contribution < 1.29 is 0 Å². The molecule has 1 aromatic rings. The fraction of sp³-hybridized carbons (Fsp3) is 0.200. The van der Waals surface area contributed by atoms with E-state index < -0.39 is 0 Å². The van der Waals surface area contributed by atoms with Crippen LogP contribution in [0.2, 0.25) is 0 Å². The molecular formula is C10H13N3. The summed E-state index contributed by atoms with van der Waals surface area (Å²) < 4.78 is 0. The van der Waals surface area contributed by atoms with E-state index in [1.807, 2.05) is 55.5 Å². The van der Waals surface area contributed by atoms with Crippen LogP contribution < -0.4 is 0 Å². The van der Waals surface area contributed by atoms with Gasteiger partial charge < -0.3 is 4.90 Å². The SMILES string of the molecule is CN(C)/C=C(\N=N)c1ccccc1. The number of hydrogen-bond acceptors (Lipinski definition) is 3. The normalized spacial score (nSPS) is 11.1. The largest absolute Gasteiger partial charge is 0.382 e. The molecule has 0 saturated carbocycles. The van der Waals surface area contributed by atoms with E-state index in [1.165, 1.54) is 0 Å². The lowest BCUT2D eigenvalue weighted by Gasteiger charge is -2.06. The average molecular weight is 175 g/mol. The van der Waals surface area contributed by atoms with Crippen molar-refractivity contribution in [2.75, 3.05) is 14.1 Å². The Balaban J connectivity index is 2.98. The molecule has 0 aliphatic rings. The van der Waals surface area contributed by atoms with Crippen molar-refractivity contribution in [2.45, 2.75) is 0 Å². The van der Waals surface area contributed by atoms with Crippen LogP contribution in [0.3, 0.4) is 0 Å². The zero-order chi connectivity index (χ0) is 9.68. The zero-order valence-electron chi connectivity index (χ0n) is 7.86. The van der Waals surface area contributed by atoms with Gasteiger partial charge in [0.25, 0.3) is 0 Å². The second-order valence-electron chi connectivity index (χ2n) is 2.96. The van der Waals surface area contributed by atoms with Gasteiger partial charge in [0.1, 0.15) is 5.70 Å². The van der Waals surface area contributed by atoms with Crippen LogP contribution in [-0.4, -0.2) is 19.0 Å². The Morgan fingerprint density at radius 1 is 1.31 bits per heavy atom. The minimum absolute atomic E-state index is 0.672. The summed E-state index contributed by atoms with van der Waals surface area (Å²) in [5, 5.41) is 3.47. The van der Waals surface area contributed by atoms with Gasteiger partial charge in [0, 0.05) is 25.9 Å². The van der Waals surface area contributed by atoms with Crippen LogP contribution in [0.5, 0.6) is 0 Å². The molecule has 0 fully saturated rings. The van der Waals surface area contributed by atoms with E-state index in [0.717, 1.165) is 5.56 Å². The molecule has 0 amide bonds. The molecule has 0 unspecified atom stereocenters. The highest BCUT2D eigenvalue weighted by atomic mass is 15.1. The van der Waals surface area contributed by atoms with Gasteiger partial charge in [0.2, 0.25) is 0 Å². The molecule has 0 spiro atoms. The van der Waals surface area contributed by atoms with E-state index in [4.69, 9.17) is 5.53 Å². The fourth-order valence-corrected chi connectivity index (χ4v) is 1.02. The quantitative estimate of drug-likeness (QED) is 0.704. The maximum absolute atomic E-state index is 7.02. The Morgan fingerprint density at radius 2 is 1.92 bits per heavy atom. The lowest BCUT2D eigenvalue weighted by atomic mass is 10.2. The number of nitrogens with zero attached hydrogens (tertiary/aromatic N) is 2. The molecule has 0 aliphatic heterocycles. The Morgan fingerprint density at radius 3 is 2.38 bits per heavy atom. The highest BCUT2D eigenvalue weighted by Gasteiger charge is 1.97. The number of hydrogen-bond donors (Lipinski definition) is 1. The number of benzene rings is 1. The summed E-state index contributed by atoms with van der Waals surface area (Å²) in [4.78, 5) is 1.88. The van der Waals surface area contributed by atoms with Crippen LogP contribution in [0, 0.1) is 5.53 Å². The predicted molar refractivity (Wildman–Crippen MR) is 53.3 cm³/mol. The third kappa shape index (κ3) is 2.71. The number of rotatable bonds is 3. The van der Waals surface area contributed by atoms with Crippen molar-refractivity contribution >= 4 is 5.70 Å². The minimum atomic E-state index is 0.672. The van der Waals surface area contributed by atoms with E-state index in [0.29, 0.717) is 5.70 Å². The first kappa shape index (κ1) is 9.45. The molecule has 1 aromatic carbocycles. The first-order chi connectivity index (χ1) is 6.24.